The molecule has 4 rings (SSSR count). The zero-order valence-electron chi connectivity index (χ0n) is 16.1. The number of thiophene rings is 1. The molecule has 3 aromatic rings. The van der Waals surface area contributed by atoms with Crippen LogP contribution in [-0.2, 0) is 32.4 Å². The second-order valence-electron chi connectivity index (χ2n) is 6.80. The maximum atomic E-state index is 12.5. The summed E-state index contributed by atoms with van der Waals surface area (Å²) in [4.78, 5) is 11.1. The summed E-state index contributed by atoms with van der Waals surface area (Å²) in [5, 5.41) is 8.62. The van der Waals surface area contributed by atoms with E-state index in [0.717, 1.165) is 52.9 Å². The summed E-state index contributed by atoms with van der Waals surface area (Å²) in [7, 11) is 1.22. The molecule has 4 heterocycles. The fourth-order valence-electron chi connectivity index (χ4n) is 2.99. The molecule has 13 heteroatoms. The van der Waals surface area contributed by atoms with Gasteiger partial charge in [-0.15, -0.1) is 11.3 Å². The SMILES string of the molecule is Cn1nc(C(F)(F)F)cc1C(N)=O.FC(F)(F)c1csc(-c2cc3n(n2)CCCC3)c1. The summed E-state index contributed by atoms with van der Waals surface area (Å²) in [6.07, 6.45) is -5.64. The minimum atomic E-state index is -4.55. The van der Waals surface area contributed by atoms with Crippen molar-refractivity contribution in [3.05, 3.63) is 46.2 Å². The van der Waals surface area contributed by atoms with Crippen LogP contribution in [0.5, 0.6) is 0 Å². The molecule has 0 fully saturated rings. The molecule has 31 heavy (non-hydrogen) atoms. The Kier molecular flexibility index (Phi) is 6.16. The van der Waals surface area contributed by atoms with E-state index in [-0.39, 0.29) is 5.69 Å². The van der Waals surface area contributed by atoms with E-state index in [0.29, 0.717) is 16.6 Å². The molecule has 0 atom stereocenters. The van der Waals surface area contributed by atoms with Gasteiger partial charge in [0.15, 0.2) is 5.69 Å². The number of nitrogens with two attached hydrogens (primary N) is 1. The van der Waals surface area contributed by atoms with Crippen molar-refractivity contribution in [2.45, 2.75) is 38.2 Å². The molecule has 6 nitrogen and oxygen atoms in total. The predicted molar refractivity (Wildman–Crippen MR) is 100 cm³/mol. The van der Waals surface area contributed by atoms with Gasteiger partial charge in [-0.3, -0.25) is 14.2 Å². The summed E-state index contributed by atoms with van der Waals surface area (Å²) in [6, 6.07) is 3.70. The molecule has 0 saturated carbocycles. The number of nitrogens with zero attached hydrogens (tertiary/aromatic N) is 4. The third-order valence-electron chi connectivity index (χ3n) is 4.52. The largest absolute Gasteiger partial charge is 0.435 e. The average Bonchev–Trinajstić information content (AvgIpc) is 3.38. The van der Waals surface area contributed by atoms with Gasteiger partial charge in [0.05, 0.1) is 10.4 Å². The number of primary amides is 1. The summed E-state index contributed by atoms with van der Waals surface area (Å²) in [5.41, 5.74) is 4.61. The predicted octanol–water partition coefficient (Wildman–Crippen LogP) is 4.50. The Labute approximate surface area is 176 Å². The van der Waals surface area contributed by atoms with Crippen LogP contribution in [0.3, 0.4) is 0 Å². The van der Waals surface area contributed by atoms with Gasteiger partial charge in [0.25, 0.3) is 5.91 Å². The highest BCUT2D eigenvalue weighted by Crippen LogP contribution is 2.36. The zero-order valence-corrected chi connectivity index (χ0v) is 16.9. The molecule has 0 bridgehead atoms. The number of hydrogen-bond donors (Lipinski definition) is 1. The van der Waals surface area contributed by atoms with Crippen molar-refractivity contribution >= 4 is 17.2 Å². The summed E-state index contributed by atoms with van der Waals surface area (Å²) < 4.78 is 76.3. The number of amides is 1. The van der Waals surface area contributed by atoms with Crippen LogP contribution in [0.15, 0.2) is 23.6 Å². The lowest BCUT2D eigenvalue weighted by Crippen LogP contribution is -2.15. The van der Waals surface area contributed by atoms with E-state index < -0.39 is 29.5 Å². The average molecular weight is 465 g/mol. The van der Waals surface area contributed by atoms with Crippen LogP contribution >= 0.6 is 11.3 Å². The van der Waals surface area contributed by atoms with Gasteiger partial charge in [0.2, 0.25) is 0 Å². The van der Waals surface area contributed by atoms with Crippen molar-refractivity contribution in [2.24, 2.45) is 12.8 Å². The Morgan fingerprint density at radius 2 is 1.77 bits per heavy atom. The first kappa shape index (κ1) is 22.8. The Hall–Kier alpha value is -2.83. The fraction of sp³-hybridized carbons (Fsp3) is 0.389. The van der Waals surface area contributed by atoms with Crippen molar-refractivity contribution in [1.29, 1.82) is 0 Å². The van der Waals surface area contributed by atoms with Crippen LogP contribution in [0.4, 0.5) is 26.3 Å². The monoisotopic (exact) mass is 465 g/mol. The molecule has 0 saturated heterocycles. The Bertz CT molecular complexity index is 1050. The molecule has 1 aliphatic heterocycles. The maximum absolute atomic E-state index is 12.5. The maximum Gasteiger partial charge on any atom is 0.435 e. The van der Waals surface area contributed by atoms with Crippen LogP contribution < -0.4 is 5.73 Å². The van der Waals surface area contributed by atoms with E-state index in [2.05, 4.69) is 10.2 Å². The number of carbonyl (C=O) groups excluding carboxylic acids is 1. The van der Waals surface area contributed by atoms with Crippen molar-refractivity contribution in [3.63, 3.8) is 0 Å². The van der Waals surface area contributed by atoms with E-state index in [1.54, 1.807) is 0 Å². The highest BCUT2D eigenvalue weighted by atomic mass is 32.1. The minimum absolute atomic E-state index is 0.271. The molecule has 3 aromatic heterocycles. The van der Waals surface area contributed by atoms with E-state index in [1.807, 2.05) is 10.7 Å². The van der Waals surface area contributed by atoms with Crippen molar-refractivity contribution in [3.8, 4) is 10.6 Å². The second kappa shape index (κ2) is 8.36. The van der Waals surface area contributed by atoms with Gasteiger partial charge in [0, 0.05) is 30.7 Å². The molecule has 0 aliphatic carbocycles. The van der Waals surface area contributed by atoms with Crippen molar-refractivity contribution in [2.75, 3.05) is 0 Å². The Balaban J connectivity index is 0.000000187. The Morgan fingerprint density at radius 1 is 1.06 bits per heavy atom. The molecule has 0 aromatic carbocycles. The van der Waals surface area contributed by atoms with Gasteiger partial charge >= 0.3 is 12.4 Å². The summed E-state index contributed by atoms with van der Waals surface area (Å²) >= 11 is 1.10. The quantitative estimate of drug-likeness (QED) is 0.566. The van der Waals surface area contributed by atoms with Crippen LogP contribution in [0.25, 0.3) is 10.6 Å². The number of rotatable bonds is 2. The number of fused-ring (bicyclic) bond motifs is 1. The van der Waals surface area contributed by atoms with Gasteiger partial charge in [-0.25, -0.2) is 0 Å². The summed E-state index contributed by atoms with van der Waals surface area (Å²) in [5.74, 6) is -0.939. The zero-order chi connectivity index (χ0) is 23.0. The third-order valence-corrected chi connectivity index (χ3v) is 5.47. The van der Waals surface area contributed by atoms with Crippen molar-refractivity contribution < 1.29 is 31.1 Å². The first-order chi connectivity index (χ1) is 14.4. The molecular weight excluding hydrogens is 448 g/mol. The standard InChI is InChI=1S/C12H11F3N2S.C6H6F3N3O/c13-12(14,15)8-5-11(18-7-8)10-6-9-3-1-2-4-17(9)16-10;1-12-3(5(10)13)2-4(11-12)6(7,8)9/h5-7H,1-4H2;2H,1H3,(H2,10,13). The lowest BCUT2D eigenvalue weighted by molar-refractivity contribution is -0.141. The molecule has 1 aliphatic rings. The van der Waals surface area contributed by atoms with Gasteiger partial charge in [0.1, 0.15) is 11.4 Å². The highest BCUT2D eigenvalue weighted by molar-refractivity contribution is 7.13. The number of hydrogen-bond acceptors (Lipinski definition) is 4. The van der Waals surface area contributed by atoms with E-state index in [4.69, 9.17) is 5.73 Å². The second-order valence-corrected chi connectivity index (χ2v) is 7.71. The molecule has 168 valence electrons. The number of halogens is 6. The first-order valence-corrected chi connectivity index (χ1v) is 9.88. The Morgan fingerprint density at radius 3 is 2.26 bits per heavy atom. The van der Waals surface area contributed by atoms with Gasteiger partial charge in [-0.2, -0.15) is 36.5 Å². The van der Waals surface area contributed by atoms with Crippen LogP contribution in [0.1, 0.15) is 40.3 Å². The fourth-order valence-corrected chi connectivity index (χ4v) is 3.87. The smallest absolute Gasteiger partial charge is 0.364 e. The third kappa shape index (κ3) is 5.27. The lowest BCUT2D eigenvalue weighted by atomic mass is 10.1. The molecule has 1 amide bonds. The highest BCUT2D eigenvalue weighted by Gasteiger charge is 2.35. The number of aryl methyl sites for hydroxylation is 3. The molecule has 2 N–H and O–H groups in total. The number of aromatic nitrogens is 4. The van der Waals surface area contributed by atoms with E-state index >= 15 is 0 Å². The van der Waals surface area contributed by atoms with E-state index in [1.165, 1.54) is 13.1 Å². The molecule has 0 spiro atoms. The molecular formula is C18H17F6N5OS. The van der Waals surface area contributed by atoms with Gasteiger partial charge in [-0.1, -0.05) is 0 Å². The van der Waals surface area contributed by atoms with Gasteiger partial charge < -0.3 is 5.73 Å². The van der Waals surface area contributed by atoms with Crippen LogP contribution in [-0.4, -0.2) is 25.5 Å². The minimum Gasteiger partial charge on any atom is -0.364 e. The topological polar surface area (TPSA) is 78.7 Å². The first-order valence-electron chi connectivity index (χ1n) is 9.00. The van der Waals surface area contributed by atoms with Crippen LogP contribution in [0, 0.1) is 0 Å². The lowest BCUT2D eigenvalue weighted by Gasteiger charge is -2.11. The van der Waals surface area contributed by atoms with Crippen molar-refractivity contribution in [1.82, 2.24) is 19.6 Å². The normalized spacial score (nSPS) is 14.0. The molecule has 0 radical (unpaired) electrons. The van der Waals surface area contributed by atoms with Crippen LogP contribution in [0.2, 0.25) is 0 Å². The summed E-state index contributed by atoms with van der Waals surface area (Å²) in [6.45, 7) is 0.868. The number of alkyl halides is 6. The molecule has 0 unspecified atom stereocenters. The van der Waals surface area contributed by atoms with E-state index in [9.17, 15) is 31.1 Å². The number of carbonyl (C=O) groups is 1. The van der Waals surface area contributed by atoms with Gasteiger partial charge in [-0.05, 0) is 31.4 Å².